The van der Waals surface area contributed by atoms with Crippen LogP contribution in [0.3, 0.4) is 0 Å². The van der Waals surface area contributed by atoms with E-state index in [2.05, 4.69) is 15.9 Å². The van der Waals surface area contributed by atoms with E-state index in [0.717, 1.165) is 5.56 Å². The van der Waals surface area contributed by atoms with Gasteiger partial charge in [0.05, 0.1) is 16.3 Å². The summed E-state index contributed by atoms with van der Waals surface area (Å²) >= 11 is 2.99. The van der Waals surface area contributed by atoms with Gasteiger partial charge in [-0.15, -0.1) is 0 Å². The van der Waals surface area contributed by atoms with Crippen LogP contribution in [0, 0.1) is 11.6 Å². The van der Waals surface area contributed by atoms with Crippen molar-refractivity contribution in [2.24, 2.45) is 0 Å². The molecule has 0 bridgehead atoms. The molecule has 2 atom stereocenters. The summed E-state index contributed by atoms with van der Waals surface area (Å²) in [6.07, 6.45) is 0. The fourth-order valence-corrected chi connectivity index (χ4v) is 2.97. The predicted octanol–water partition coefficient (Wildman–Crippen LogP) is 6.46. The molecular weight excluding hydrogens is 470 g/mol. The van der Waals surface area contributed by atoms with Crippen molar-refractivity contribution in [3.8, 4) is 11.1 Å². The highest BCUT2D eigenvalue weighted by atomic mass is 79.9. The van der Waals surface area contributed by atoms with Crippen molar-refractivity contribution >= 4 is 27.9 Å². The van der Waals surface area contributed by atoms with Gasteiger partial charge in [0.1, 0.15) is 11.6 Å². The zero-order valence-corrected chi connectivity index (χ0v) is 18.4. The third kappa shape index (κ3) is 6.46. The number of rotatable bonds is 5. The molecule has 0 saturated carbocycles. The van der Waals surface area contributed by atoms with Gasteiger partial charge in [0.25, 0.3) is 0 Å². The van der Waals surface area contributed by atoms with E-state index >= 15 is 0 Å². The minimum atomic E-state index is -0.957. The standard InChI is InChI=1S/C15H13FO2.C9H8BrFO2/c1-10(15(17)18)12-7-8-13(14(16)9-12)11-5-3-2-4-6-11;1-5(9(12)13)6-2-3-7(10)8(11)4-6/h2-10H,1H3,(H,17,18);2-5H,1H3,(H,12,13). The summed E-state index contributed by atoms with van der Waals surface area (Å²) in [6.45, 7) is 3.06. The summed E-state index contributed by atoms with van der Waals surface area (Å²) in [4.78, 5) is 21.4. The van der Waals surface area contributed by atoms with Crippen molar-refractivity contribution in [1.29, 1.82) is 0 Å². The smallest absolute Gasteiger partial charge is 0.310 e. The summed E-state index contributed by atoms with van der Waals surface area (Å²) in [5, 5.41) is 17.6. The Morgan fingerprint density at radius 2 is 1.26 bits per heavy atom. The third-order valence-corrected chi connectivity index (χ3v) is 5.41. The molecule has 0 heterocycles. The number of aliphatic carboxylic acids is 2. The minimum absolute atomic E-state index is 0.342. The monoisotopic (exact) mass is 490 g/mol. The number of benzene rings is 3. The molecule has 3 rings (SSSR count). The Labute approximate surface area is 187 Å². The lowest BCUT2D eigenvalue weighted by Crippen LogP contribution is -2.07. The number of carbonyl (C=O) groups is 2. The molecule has 0 aliphatic heterocycles. The van der Waals surface area contributed by atoms with E-state index in [0.29, 0.717) is 21.2 Å². The highest BCUT2D eigenvalue weighted by Crippen LogP contribution is 2.26. The van der Waals surface area contributed by atoms with Gasteiger partial charge >= 0.3 is 11.9 Å². The van der Waals surface area contributed by atoms with Crippen molar-refractivity contribution < 1.29 is 28.6 Å². The first kappa shape index (κ1) is 24.2. The molecule has 162 valence electrons. The fraction of sp³-hybridized carbons (Fsp3) is 0.167. The molecule has 4 nitrogen and oxygen atoms in total. The molecule has 0 spiro atoms. The van der Waals surface area contributed by atoms with Gasteiger partial charge in [-0.25, -0.2) is 8.78 Å². The van der Waals surface area contributed by atoms with Crippen LogP contribution >= 0.6 is 15.9 Å². The molecule has 0 aromatic heterocycles. The number of hydrogen-bond acceptors (Lipinski definition) is 2. The van der Waals surface area contributed by atoms with E-state index in [1.807, 2.05) is 30.3 Å². The van der Waals surface area contributed by atoms with Crippen LogP contribution in [0.4, 0.5) is 8.78 Å². The highest BCUT2D eigenvalue weighted by Gasteiger charge is 2.16. The predicted molar refractivity (Wildman–Crippen MR) is 118 cm³/mol. The Morgan fingerprint density at radius 1 is 0.774 bits per heavy atom. The van der Waals surface area contributed by atoms with Gasteiger partial charge in [-0.3, -0.25) is 9.59 Å². The first-order chi connectivity index (χ1) is 14.6. The molecule has 31 heavy (non-hydrogen) atoms. The first-order valence-electron chi connectivity index (χ1n) is 9.37. The van der Waals surface area contributed by atoms with Gasteiger partial charge in [0.2, 0.25) is 0 Å². The Bertz CT molecular complexity index is 1070. The maximum Gasteiger partial charge on any atom is 0.310 e. The second kappa shape index (κ2) is 10.8. The Kier molecular flexibility index (Phi) is 8.45. The minimum Gasteiger partial charge on any atom is -0.481 e. The Balaban J connectivity index is 0.000000233. The second-order valence-electron chi connectivity index (χ2n) is 6.90. The largest absolute Gasteiger partial charge is 0.481 e. The topological polar surface area (TPSA) is 74.6 Å². The van der Waals surface area contributed by atoms with Crippen molar-refractivity contribution in [2.45, 2.75) is 25.7 Å². The molecule has 3 aromatic carbocycles. The molecule has 0 amide bonds. The van der Waals surface area contributed by atoms with E-state index < -0.39 is 35.4 Å². The maximum absolute atomic E-state index is 14.0. The molecule has 0 aliphatic carbocycles. The van der Waals surface area contributed by atoms with Crippen LogP contribution in [-0.2, 0) is 9.59 Å². The van der Waals surface area contributed by atoms with Gasteiger partial charge in [0.15, 0.2) is 0 Å². The molecule has 3 aromatic rings. The lowest BCUT2D eigenvalue weighted by Gasteiger charge is -2.09. The van der Waals surface area contributed by atoms with Crippen LogP contribution in [0.25, 0.3) is 11.1 Å². The van der Waals surface area contributed by atoms with E-state index in [9.17, 15) is 18.4 Å². The molecule has 0 radical (unpaired) electrons. The van der Waals surface area contributed by atoms with Crippen LogP contribution in [-0.4, -0.2) is 22.2 Å². The van der Waals surface area contributed by atoms with Crippen LogP contribution in [0.5, 0.6) is 0 Å². The van der Waals surface area contributed by atoms with E-state index in [4.69, 9.17) is 10.2 Å². The number of carboxylic acid groups (broad SMARTS) is 2. The van der Waals surface area contributed by atoms with E-state index in [1.165, 1.54) is 25.1 Å². The highest BCUT2D eigenvalue weighted by molar-refractivity contribution is 9.10. The third-order valence-electron chi connectivity index (χ3n) is 4.76. The first-order valence-corrected chi connectivity index (χ1v) is 10.2. The zero-order chi connectivity index (χ0) is 23.1. The van der Waals surface area contributed by atoms with Crippen LogP contribution < -0.4 is 0 Å². The molecule has 0 saturated heterocycles. The lowest BCUT2D eigenvalue weighted by molar-refractivity contribution is -0.139. The Morgan fingerprint density at radius 3 is 1.71 bits per heavy atom. The zero-order valence-electron chi connectivity index (χ0n) is 16.9. The molecule has 0 fully saturated rings. The van der Waals surface area contributed by atoms with Crippen molar-refractivity contribution in [1.82, 2.24) is 0 Å². The van der Waals surface area contributed by atoms with Gasteiger partial charge < -0.3 is 10.2 Å². The van der Waals surface area contributed by atoms with Crippen LogP contribution in [0.15, 0.2) is 71.2 Å². The van der Waals surface area contributed by atoms with Gasteiger partial charge in [-0.05, 0) is 64.7 Å². The second-order valence-corrected chi connectivity index (χ2v) is 7.75. The summed E-state index contributed by atoms with van der Waals surface area (Å²) in [5.74, 6) is -4.13. The molecule has 0 aliphatic rings. The maximum atomic E-state index is 14.0. The molecule has 7 heteroatoms. The fourth-order valence-electron chi connectivity index (χ4n) is 2.72. The molecule has 2 unspecified atom stereocenters. The number of carboxylic acids is 2. The SMILES string of the molecule is CC(C(=O)O)c1ccc(-c2ccccc2)c(F)c1.CC(C(=O)O)c1ccc(Br)c(F)c1. The number of hydrogen-bond donors (Lipinski definition) is 2. The summed E-state index contributed by atoms with van der Waals surface area (Å²) in [5.41, 5.74) is 2.20. The average molecular weight is 491 g/mol. The quantitative estimate of drug-likeness (QED) is 0.430. The van der Waals surface area contributed by atoms with Crippen molar-refractivity contribution in [2.75, 3.05) is 0 Å². The summed E-state index contributed by atoms with van der Waals surface area (Å²) in [6, 6.07) is 18.1. The average Bonchev–Trinajstić information content (AvgIpc) is 2.75. The summed E-state index contributed by atoms with van der Waals surface area (Å²) < 4.78 is 27.3. The van der Waals surface area contributed by atoms with E-state index in [-0.39, 0.29) is 0 Å². The van der Waals surface area contributed by atoms with Gasteiger partial charge in [-0.2, -0.15) is 0 Å². The normalized spacial score (nSPS) is 12.3. The van der Waals surface area contributed by atoms with Crippen molar-refractivity contribution in [3.05, 3.63) is 94.0 Å². The molecular formula is C24H21BrF2O4. The van der Waals surface area contributed by atoms with Crippen molar-refractivity contribution in [3.63, 3.8) is 0 Å². The Hall–Kier alpha value is -3.06. The van der Waals surface area contributed by atoms with E-state index in [1.54, 1.807) is 25.1 Å². The van der Waals surface area contributed by atoms with Gasteiger partial charge in [0, 0.05) is 5.56 Å². The van der Waals surface area contributed by atoms with Crippen LogP contribution in [0.2, 0.25) is 0 Å². The molecule has 2 N–H and O–H groups in total. The lowest BCUT2D eigenvalue weighted by atomic mass is 9.97. The summed E-state index contributed by atoms with van der Waals surface area (Å²) in [7, 11) is 0. The van der Waals surface area contributed by atoms with Gasteiger partial charge in [-0.1, -0.05) is 48.5 Å². The van der Waals surface area contributed by atoms with Crippen LogP contribution in [0.1, 0.15) is 36.8 Å². The number of halogens is 3.